The van der Waals surface area contributed by atoms with Crippen molar-refractivity contribution in [2.24, 2.45) is 5.92 Å². The first kappa shape index (κ1) is 11.1. The second kappa shape index (κ2) is 7.41. The maximum atomic E-state index is 3.98. The van der Waals surface area contributed by atoms with Crippen molar-refractivity contribution in [3.05, 3.63) is 6.92 Å². The van der Waals surface area contributed by atoms with E-state index in [1.807, 2.05) is 0 Å². The van der Waals surface area contributed by atoms with E-state index in [9.17, 15) is 0 Å². The molecule has 77 valence electrons. The SMILES string of the molecule is [CH2]CCC1CCCCCCCCC1. The minimum absolute atomic E-state index is 1.01. The number of hydrogen-bond acceptors (Lipinski definition) is 0. The van der Waals surface area contributed by atoms with Crippen molar-refractivity contribution in [2.45, 2.75) is 70.6 Å². The maximum absolute atomic E-state index is 3.98. The molecule has 1 fully saturated rings. The van der Waals surface area contributed by atoms with Crippen LogP contribution in [-0.2, 0) is 0 Å². The van der Waals surface area contributed by atoms with Gasteiger partial charge in [-0.3, -0.25) is 0 Å². The summed E-state index contributed by atoms with van der Waals surface area (Å²) in [6, 6.07) is 0. The van der Waals surface area contributed by atoms with Crippen molar-refractivity contribution in [3.63, 3.8) is 0 Å². The Hall–Kier alpha value is 0. The van der Waals surface area contributed by atoms with E-state index >= 15 is 0 Å². The van der Waals surface area contributed by atoms with Crippen LogP contribution in [0.4, 0.5) is 0 Å². The molecule has 1 rings (SSSR count). The number of rotatable bonds is 2. The third kappa shape index (κ3) is 5.33. The second-order valence-corrected chi connectivity index (χ2v) is 4.56. The molecule has 0 nitrogen and oxygen atoms in total. The highest BCUT2D eigenvalue weighted by Gasteiger charge is 2.08. The molecule has 0 aromatic carbocycles. The molecule has 13 heavy (non-hydrogen) atoms. The van der Waals surface area contributed by atoms with Gasteiger partial charge in [0.15, 0.2) is 0 Å². The first-order valence-corrected chi connectivity index (χ1v) is 6.22. The van der Waals surface area contributed by atoms with Crippen molar-refractivity contribution in [3.8, 4) is 0 Å². The largest absolute Gasteiger partial charge is 0.0533 e. The summed E-state index contributed by atoms with van der Waals surface area (Å²) in [5, 5.41) is 0. The Morgan fingerprint density at radius 2 is 1.23 bits per heavy atom. The van der Waals surface area contributed by atoms with Gasteiger partial charge in [0.1, 0.15) is 0 Å². The van der Waals surface area contributed by atoms with Crippen LogP contribution in [0.2, 0.25) is 0 Å². The van der Waals surface area contributed by atoms with Crippen molar-refractivity contribution in [2.75, 3.05) is 0 Å². The molecule has 0 unspecified atom stereocenters. The molecule has 0 heterocycles. The lowest BCUT2D eigenvalue weighted by atomic mass is 9.89. The van der Waals surface area contributed by atoms with E-state index in [0.717, 1.165) is 12.3 Å². The highest BCUT2D eigenvalue weighted by Crippen LogP contribution is 2.24. The molecule has 0 N–H and O–H groups in total. The molecule has 0 aliphatic heterocycles. The van der Waals surface area contributed by atoms with Crippen molar-refractivity contribution in [1.29, 1.82) is 0 Å². The smallest absolute Gasteiger partial charge is 0.0414 e. The quantitative estimate of drug-likeness (QED) is 0.577. The van der Waals surface area contributed by atoms with Crippen molar-refractivity contribution < 1.29 is 0 Å². The van der Waals surface area contributed by atoms with Crippen LogP contribution in [0, 0.1) is 12.8 Å². The highest BCUT2D eigenvalue weighted by atomic mass is 14.1. The lowest BCUT2D eigenvalue weighted by Gasteiger charge is -2.17. The third-order valence-electron chi connectivity index (χ3n) is 3.34. The molecule has 0 aromatic rings. The summed E-state index contributed by atoms with van der Waals surface area (Å²) in [4.78, 5) is 0. The Morgan fingerprint density at radius 3 is 1.69 bits per heavy atom. The standard InChI is InChI=1S/C13H25/c1-2-10-13-11-8-6-4-3-5-7-9-12-13/h13H,1-12H2. The molecule has 1 saturated carbocycles. The van der Waals surface area contributed by atoms with Gasteiger partial charge in [-0.2, -0.15) is 0 Å². The van der Waals surface area contributed by atoms with Crippen LogP contribution >= 0.6 is 0 Å². The van der Waals surface area contributed by atoms with E-state index in [1.165, 1.54) is 64.2 Å². The summed E-state index contributed by atoms with van der Waals surface area (Å²) in [5.74, 6) is 1.01. The topological polar surface area (TPSA) is 0 Å². The highest BCUT2D eigenvalue weighted by molar-refractivity contribution is 4.63. The van der Waals surface area contributed by atoms with Gasteiger partial charge in [0.05, 0.1) is 0 Å². The normalized spacial score (nSPS) is 22.8. The Bertz CT molecular complexity index is 96.6. The molecule has 0 spiro atoms. The minimum Gasteiger partial charge on any atom is -0.0533 e. The second-order valence-electron chi connectivity index (χ2n) is 4.56. The van der Waals surface area contributed by atoms with Crippen LogP contribution in [0.25, 0.3) is 0 Å². The predicted molar refractivity (Wildman–Crippen MR) is 59.6 cm³/mol. The summed E-state index contributed by atoms with van der Waals surface area (Å²) in [6.07, 6.45) is 15.8. The average molecular weight is 181 g/mol. The van der Waals surface area contributed by atoms with E-state index in [2.05, 4.69) is 6.92 Å². The molecule has 0 saturated heterocycles. The van der Waals surface area contributed by atoms with Crippen LogP contribution in [0.15, 0.2) is 0 Å². The first-order valence-electron chi connectivity index (χ1n) is 6.22. The Labute approximate surface area is 84.1 Å². The van der Waals surface area contributed by atoms with Gasteiger partial charge >= 0.3 is 0 Å². The zero-order valence-corrected chi connectivity index (χ0v) is 9.06. The third-order valence-corrected chi connectivity index (χ3v) is 3.34. The predicted octanol–water partition coefficient (Wildman–Crippen LogP) is 4.74. The summed E-state index contributed by atoms with van der Waals surface area (Å²) < 4.78 is 0. The van der Waals surface area contributed by atoms with E-state index in [1.54, 1.807) is 0 Å². The Morgan fingerprint density at radius 1 is 0.769 bits per heavy atom. The molecule has 1 aliphatic rings. The van der Waals surface area contributed by atoms with E-state index < -0.39 is 0 Å². The fraction of sp³-hybridized carbons (Fsp3) is 0.923. The van der Waals surface area contributed by atoms with Gasteiger partial charge in [-0.05, 0) is 5.92 Å². The molecule has 0 atom stereocenters. The van der Waals surface area contributed by atoms with Crippen LogP contribution in [0.5, 0.6) is 0 Å². The van der Waals surface area contributed by atoms with Gasteiger partial charge in [-0.1, -0.05) is 77.6 Å². The molecule has 1 aliphatic carbocycles. The number of hydrogen-bond donors (Lipinski definition) is 0. The molecular formula is C13H25. The fourth-order valence-corrected chi connectivity index (χ4v) is 2.47. The average Bonchev–Trinajstić information content (AvgIpc) is 2.16. The Balaban J connectivity index is 2.18. The molecular weight excluding hydrogens is 156 g/mol. The van der Waals surface area contributed by atoms with Gasteiger partial charge in [0.25, 0.3) is 0 Å². The molecule has 0 bridgehead atoms. The fourth-order valence-electron chi connectivity index (χ4n) is 2.47. The van der Waals surface area contributed by atoms with E-state index in [4.69, 9.17) is 0 Å². The minimum atomic E-state index is 1.01. The molecule has 0 heteroatoms. The Kier molecular flexibility index (Phi) is 6.31. The van der Waals surface area contributed by atoms with Gasteiger partial charge in [-0.15, -0.1) is 0 Å². The first-order chi connectivity index (χ1) is 6.43. The van der Waals surface area contributed by atoms with Crippen LogP contribution in [0.1, 0.15) is 70.6 Å². The summed E-state index contributed by atoms with van der Waals surface area (Å²) in [7, 11) is 0. The molecule has 0 aromatic heterocycles. The zero-order chi connectivity index (χ0) is 9.36. The van der Waals surface area contributed by atoms with E-state index in [-0.39, 0.29) is 0 Å². The van der Waals surface area contributed by atoms with E-state index in [0.29, 0.717) is 0 Å². The summed E-state index contributed by atoms with van der Waals surface area (Å²) in [6.45, 7) is 3.98. The van der Waals surface area contributed by atoms with Crippen molar-refractivity contribution >= 4 is 0 Å². The summed E-state index contributed by atoms with van der Waals surface area (Å²) in [5.41, 5.74) is 0. The van der Waals surface area contributed by atoms with Crippen LogP contribution in [0.3, 0.4) is 0 Å². The van der Waals surface area contributed by atoms with Crippen molar-refractivity contribution in [1.82, 2.24) is 0 Å². The molecule has 0 amide bonds. The van der Waals surface area contributed by atoms with Gasteiger partial charge in [-0.25, -0.2) is 0 Å². The van der Waals surface area contributed by atoms with Gasteiger partial charge < -0.3 is 0 Å². The van der Waals surface area contributed by atoms with Gasteiger partial charge in [0, 0.05) is 0 Å². The summed E-state index contributed by atoms with van der Waals surface area (Å²) >= 11 is 0. The molecule has 1 radical (unpaired) electrons. The van der Waals surface area contributed by atoms with Crippen LogP contribution in [-0.4, -0.2) is 0 Å². The lowest BCUT2D eigenvalue weighted by Crippen LogP contribution is -2.01. The maximum Gasteiger partial charge on any atom is -0.0414 e. The van der Waals surface area contributed by atoms with Crippen LogP contribution < -0.4 is 0 Å². The van der Waals surface area contributed by atoms with Gasteiger partial charge in [0.2, 0.25) is 0 Å². The monoisotopic (exact) mass is 181 g/mol. The zero-order valence-electron chi connectivity index (χ0n) is 9.06. The lowest BCUT2D eigenvalue weighted by molar-refractivity contribution is 0.370.